The van der Waals surface area contributed by atoms with Gasteiger partial charge in [0.2, 0.25) is 0 Å². The minimum absolute atomic E-state index is 0.132. The maximum atomic E-state index is 12.7. The molecule has 4 bridgehead atoms. The van der Waals surface area contributed by atoms with Crippen LogP contribution in [0.4, 0.5) is 0 Å². The minimum atomic E-state index is -0.292. The molecule has 4 saturated carbocycles. The lowest BCUT2D eigenvalue weighted by Gasteiger charge is -2.55. The molecule has 146 valence electrons. The first kappa shape index (κ1) is 19.1. The fraction of sp³-hybridized carbons (Fsp3) is 0.619. The second-order valence-corrected chi connectivity index (χ2v) is 10.0. The number of hydrogen-bond acceptors (Lipinski definition) is 4. The van der Waals surface area contributed by atoms with E-state index in [1.807, 2.05) is 24.3 Å². The molecule has 5 rings (SSSR count). The number of ether oxygens (including phenoxy) is 1. The van der Waals surface area contributed by atoms with Crippen LogP contribution >= 0.6 is 23.4 Å². The summed E-state index contributed by atoms with van der Waals surface area (Å²) >= 11 is 7.52. The highest BCUT2D eigenvalue weighted by atomic mass is 35.5. The average Bonchev–Trinajstić information content (AvgIpc) is 2.63. The van der Waals surface area contributed by atoms with Crippen molar-refractivity contribution in [2.45, 2.75) is 43.4 Å². The van der Waals surface area contributed by atoms with Gasteiger partial charge in [-0.3, -0.25) is 9.59 Å². The third-order valence-electron chi connectivity index (χ3n) is 6.31. The normalized spacial score (nSPS) is 30.9. The van der Waals surface area contributed by atoms with Gasteiger partial charge < -0.3 is 10.1 Å². The van der Waals surface area contributed by atoms with Crippen molar-refractivity contribution >= 4 is 35.2 Å². The Morgan fingerprint density at radius 2 is 1.67 bits per heavy atom. The van der Waals surface area contributed by atoms with Crippen molar-refractivity contribution in [1.29, 1.82) is 0 Å². The van der Waals surface area contributed by atoms with Crippen LogP contribution in [-0.2, 0) is 14.3 Å². The van der Waals surface area contributed by atoms with Gasteiger partial charge in [0, 0.05) is 22.2 Å². The van der Waals surface area contributed by atoms with E-state index in [1.165, 1.54) is 19.3 Å². The van der Waals surface area contributed by atoms with Crippen LogP contribution < -0.4 is 5.32 Å². The first-order chi connectivity index (χ1) is 13.0. The van der Waals surface area contributed by atoms with E-state index in [0.29, 0.717) is 29.3 Å². The lowest BCUT2D eigenvalue weighted by atomic mass is 9.49. The Balaban J connectivity index is 1.17. The molecule has 4 fully saturated rings. The van der Waals surface area contributed by atoms with Gasteiger partial charge in [-0.05, 0) is 80.5 Å². The lowest BCUT2D eigenvalue weighted by molar-refractivity contribution is -0.173. The molecular weight excluding hydrogens is 382 g/mol. The first-order valence-electron chi connectivity index (χ1n) is 9.85. The molecule has 0 radical (unpaired) electrons. The Morgan fingerprint density at radius 1 is 1.07 bits per heavy atom. The second kappa shape index (κ2) is 8.04. The number of nitrogens with one attached hydrogen (secondary N) is 1. The van der Waals surface area contributed by atoms with Crippen LogP contribution in [0.25, 0.3) is 0 Å². The van der Waals surface area contributed by atoms with Crippen LogP contribution in [0, 0.1) is 23.2 Å². The van der Waals surface area contributed by atoms with Gasteiger partial charge in [0.05, 0.1) is 5.41 Å². The minimum Gasteiger partial charge on any atom is -0.455 e. The molecule has 1 aromatic rings. The van der Waals surface area contributed by atoms with Gasteiger partial charge in [-0.2, -0.15) is 0 Å². The Morgan fingerprint density at radius 3 is 2.26 bits per heavy atom. The zero-order valence-corrected chi connectivity index (χ0v) is 17.0. The van der Waals surface area contributed by atoms with Crippen LogP contribution in [0.5, 0.6) is 0 Å². The molecule has 4 aliphatic rings. The van der Waals surface area contributed by atoms with Crippen LogP contribution in [0.1, 0.15) is 38.5 Å². The number of benzene rings is 1. The van der Waals surface area contributed by atoms with E-state index in [2.05, 4.69) is 5.32 Å². The standard InChI is InChI=1S/C21H26ClNO3S/c22-17-1-3-18(4-2-17)27-6-5-23-19(24)13-26-20(25)21-10-14-7-15(11-21)9-16(8-14)12-21/h1-4,14-16H,5-13H2,(H,23,24). The van der Waals surface area contributed by atoms with E-state index in [9.17, 15) is 9.59 Å². The van der Waals surface area contributed by atoms with Crippen molar-refractivity contribution in [1.82, 2.24) is 5.32 Å². The lowest BCUT2D eigenvalue weighted by Crippen LogP contribution is -2.51. The van der Waals surface area contributed by atoms with Crippen molar-refractivity contribution < 1.29 is 14.3 Å². The van der Waals surface area contributed by atoms with Gasteiger partial charge >= 0.3 is 5.97 Å². The molecule has 0 heterocycles. The predicted octanol–water partition coefficient (Wildman–Crippen LogP) is 4.31. The topological polar surface area (TPSA) is 55.4 Å². The largest absolute Gasteiger partial charge is 0.455 e. The van der Waals surface area contributed by atoms with Gasteiger partial charge in [-0.15, -0.1) is 11.8 Å². The maximum absolute atomic E-state index is 12.7. The molecule has 0 saturated heterocycles. The average molecular weight is 408 g/mol. The Bertz CT molecular complexity index is 671. The molecule has 0 unspecified atom stereocenters. The fourth-order valence-corrected chi connectivity index (χ4v) is 6.48. The summed E-state index contributed by atoms with van der Waals surface area (Å²) in [4.78, 5) is 25.9. The van der Waals surface area contributed by atoms with Gasteiger partial charge in [-0.1, -0.05) is 11.6 Å². The molecular formula is C21H26ClNO3S. The zero-order valence-electron chi connectivity index (χ0n) is 15.4. The number of amides is 1. The number of hydrogen-bond donors (Lipinski definition) is 1. The fourth-order valence-electron chi connectivity index (χ4n) is 5.59. The third kappa shape index (κ3) is 4.45. The predicted molar refractivity (Wildman–Crippen MR) is 107 cm³/mol. The molecule has 1 aromatic carbocycles. The van der Waals surface area contributed by atoms with E-state index < -0.39 is 0 Å². The van der Waals surface area contributed by atoms with Gasteiger partial charge in [0.25, 0.3) is 5.91 Å². The van der Waals surface area contributed by atoms with E-state index in [4.69, 9.17) is 16.3 Å². The van der Waals surface area contributed by atoms with Crippen molar-refractivity contribution in [2.75, 3.05) is 18.9 Å². The summed E-state index contributed by atoms with van der Waals surface area (Å²) in [6.45, 7) is 0.382. The van der Waals surface area contributed by atoms with E-state index >= 15 is 0 Å². The molecule has 4 aliphatic carbocycles. The summed E-state index contributed by atoms with van der Waals surface area (Å²) < 4.78 is 5.44. The molecule has 0 aromatic heterocycles. The van der Waals surface area contributed by atoms with Crippen molar-refractivity contribution in [3.63, 3.8) is 0 Å². The molecule has 27 heavy (non-hydrogen) atoms. The van der Waals surface area contributed by atoms with Crippen LogP contribution in [0.2, 0.25) is 5.02 Å². The molecule has 1 amide bonds. The first-order valence-corrected chi connectivity index (χ1v) is 11.2. The zero-order chi connectivity index (χ0) is 18.9. The Labute approximate surface area is 169 Å². The number of esters is 1. The summed E-state index contributed by atoms with van der Waals surface area (Å²) in [5, 5.41) is 3.55. The van der Waals surface area contributed by atoms with Gasteiger partial charge in [-0.25, -0.2) is 0 Å². The Hall–Kier alpha value is -1.20. The van der Waals surface area contributed by atoms with Crippen molar-refractivity contribution in [3.8, 4) is 0 Å². The van der Waals surface area contributed by atoms with Crippen molar-refractivity contribution in [2.24, 2.45) is 23.2 Å². The van der Waals surface area contributed by atoms with E-state index in [-0.39, 0.29) is 23.9 Å². The summed E-state index contributed by atoms with van der Waals surface area (Å²) in [6.07, 6.45) is 6.78. The Kier molecular flexibility index (Phi) is 5.70. The van der Waals surface area contributed by atoms with Crippen LogP contribution in [0.3, 0.4) is 0 Å². The summed E-state index contributed by atoms with van der Waals surface area (Å²) in [6, 6.07) is 7.63. The molecule has 0 aliphatic heterocycles. The number of rotatable bonds is 7. The van der Waals surface area contributed by atoms with Crippen LogP contribution in [0.15, 0.2) is 29.2 Å². The summed E-state index contributed by atoms with van der Waals surface area (Å²) in [7, 11) is 0. The number of carbonyl (C=O) groups excluding carboxylic acids is 2. The number of thioether (sulfide) groups is 1. The summed E-state index contributed by atoms with van der Waals surface area (Å²) in [5.41, 5.74) is -0.292. The highest BCUT2D eigenvalue weighted by Crippen LogP contribution is 2.60. The number of carbonyl (C=O) groups is 2. The molecule has 6 heteroatoms. The smallest absolute Gasteiger partial charge is 0.312 e. The maximum Gasteiger partial charge on any atom is 0.312 e. The monoisotopic (exact) mass is 407 g/mol. The van der Waals surface area contributed by atoms with Crippen LogP contribution in [-0.4, -0.2) is 30.8 Å². The summed E-state index contributed by atoms with van der Waals surface area (Å²) in [5.74, 6) is 2.50. The van der Waals surface area contributed by atoms with Gasteiger partial charge in [0.1, 0.15) is 0 Å². The van der Waals surface area contributed by atoms with Gasteiger partial charge in [0.15, 0.2) is 6.61 Å². The van der Waals surface area contributed by atoms with Crippen molar-refractivity contribution in [3.05, 3.63) is 29.3 Å². The highest BCUT2D eigenvalue weighted by molar-refractivity contribution is 7.99. The molecule has 0 atom stereocenters. The van der Waals surface area contributed by atoms with E-state index in [0.717, 1.165) is 29.9 Å². The number of halogens is 1. The molecule has 4 nitrogen and oxygen atoms in total. The molecule has 1 N–H and O–H groups in total. The SMILES string of the molecule is O=C(COC(=O)C12CC3CC(CC(C3)C1)C2)NCCSc1ccc(Cl)cc1. The second-order valence-electron chi connectivity index (χ2n) is 8.43. The third-order valence-corrected chi connectivity index (χ3v) is 7.58. The highest BCUT2D eigenvalue weighted by Gasteiger charge is 2.55. The quantitative estimate of drug-likeness (QED) is 0.415. The van der Waals surface area contributed by atoms with E-state index in [1.54, 1.807) is 11.8 Å². The molecule has 0 spiro atoms.